The lowest BCUT2D eigenvalue weighted by Gasteiger charge is -2.42. The predicted molar refractivity (Wildman–Crippen MR) is 62.2 cm³/mol. The first-order chi connectivity index (χ1) is 7.26. The first-order valence-electron chi connectivity index (χ1n) is 5.98. The third-order valence-corrected chi connectivity index (χ3v) is 3.63. The van der Waals surface area contributed by atoms with Crippen molar-refractivity contribution in [3.05, 3.63) is 0 Å². The number of methoxy groups -OCH3 is 2. The molecule has 1 N–H and O–H groups in total. The van der Waals surface area contributed by atoms with Gasteiger partial charge in [0.25, 0.3) is 0 Å². The largest absolute Gasteiger partial charge is 0.385 e. The maximum Gasteiger partial charge on any atom is 0.0693 e. The van der Waals surface area contributed by atoms with Crippen molar-refractivity contribution in [1.82, 2.24) is 5.32 Å². The standard InChI is InChI=1S/C12H25NO2/c1-13-11(6-4-9-14-2)10-12(15-3)7-5-8-12/h11,13H,4-10H2,1-3H3. The van der Waals surface area contributed by atoms with E-state index >= 15 is 0 Å². The van der Waals surface area contributed by atoms with Gasteiger partial charge in [-0.15, -0.1) is 0 Å². The summed E-state index contributed by atoms with van der Waals surface area (Å²) in [6, 6.07) is 0.570. The summed E-state index contributed by atoms with van der Waals surface area (Å²) >= 11 is 0. The summed E-state index contributed by atoms with van der Waals surface area (Å²) < 4.78 is 10.7. The summed E-state index contributed by atoms with van der Waals surface area (Å²) in [6.45, 7) is 0.859. The van der Waals surface area contributed by atoms with Gasteiger partial charge in [0, 0.05) is 26.9 Å². The third-order valence-electron chi connectivity index (χ3n) is 3.63. The highest BCUT2D eigenvalue weighted by Crippen LogP contribution is 2.39. The lowest BCUT2D eigenvalue weighted by Crippen LogP contribution is -2.45. The number of hydrogen-bond acceptors (Lipinski definition) is 3. The lowest BCUT2D eigenvalue weighted by atomic mass is 9.75. The molecule has 1 rings (SSSR count). The highest BCUT2D eigenvalue weighted by atomic mass is 16.5. The van der Waals surface area contributed by atoms with E-state index in [1.807, 2.05) is 14.2 Å². The van der Waals surface area contributed by atoms with Crippen LogP contribution in [-0.4, -0.2) is 39.5 Å². The summed E-state index contributed by atoms with van der Waals surface area (Å²) in [7, 11) is 5.65. The van der Waals surface area contributed by atoms with E-state index in [1.165, 1.54) is 25.7 Å². The van der Waals surface area contributed by atoms with Crippen LogP contribution in [0.15, 0.2) is 0 Å². The molecule has 3 heteroatoms. The number of hydrogen-bond donors (Lipinski definition) is 1. The van der Waals surface area contributed by atoms with Gasteiger partial charge in [0.15, 0.2) is 0 Å². The molecule has 0 aromatic carbocycles. The van der Waals surface area contributed by atoms with E-state index in [0.717, 1.165) is 19.4 Å². The van der Waals surface area contributed by atoms with Crippen LogP contribution in [0.2, 0.25) is 0 Å². The van der Waals surface area contributed by atoms with Gasteiger partial charge in [-0.2, -0.15) is 0 Å². The van der Waals surface area contributed by atoms with Crippen molar-refractivity contribution in [3.8, 4) is 0 Å². The van der Waals surface area contributed by atoms with Crippen molar-refractivity contribution in [1.29, 1.82) is 0 Å². The van der Waals surface area contributed by atoms with Gasteiger partial charge in [0.2, 0.25) is 0 Å². The second kappa shape index (κ2) is 6.46. The summed E-state index contributed by atoms with van der Waals surface area (Å²) in [5.41, 5.74) is 0.181. The molecular weight excluding hydrogens is 190 g/mol. The molecule has 15 heavy (non-hydrogen) atoms. The Morgan fingerprint density at radius 3 is 2.47 bits per heavy atom. The van der Waals surface area contributed by atoms with Crippen molar-refractivity contribution in [2.24, 2.45) is 0 Å². The Morgan fingerprint density at radius 2 is 2.07 bits per heavy atom. The molecule has 0 aromatic heterocycles. The Labute approximate surface area is 93.5 Å². The van der Waals surface area contributed by atoms with Crippen LogP contribution >= 0.6 is 0 Å². The Morgan fingerprint density at radius 1 is 1.33 bits per heavy atom. The predicted octanol–water partition coefficient (Wildman–Crippen LogP) is 1.96. The van der Waals surface area contributed by atoms with E-state index in [4.69, 9.17) is 9.47 Å². The van der Waals surface area contributed by atoms with Crippen LogP contribution in [0.25, 0.3) is 0 Å². The fraction of sp³-hybridized carbons (Fsp3) is 1.00. The molecule has 3 nitrogen and oxygen atoms in total. The number of rotatable bonds is 8. The zero-order valence-corrected chi connectivity index (χ0v) is 10.3. The normalized spacial score (nSPS) is 21.0. The topological polar surface area (TPSA) is 30.5 Å². The van der Waals surface area contributed by atoms with Crippen LogP contribution in [-0.2, 0) is 9.47 Å². The van der Waals surface area contributed by atoms with E-state index in [0.29, 0.717) is 6.04 Å². The number of nitrogens with one attached hydrogen (secondary N) is 1. The third kappa shape index (κ3) is 3.74. The molecular formula is C12H25NO2. The summed E-state index contributed by atoms with van der Waals surface area (Å²) in [6.07, 6.45) is 7.22. The molecule has 0 bridgehead atoms. The zero-order valence-electron chi connectivity index (χ0n) is 10.3. The molecule has 0 saturated heterocycles. The highest BCUT2D eigenvalue weighted by molar-refractivity contribution is 4.92. The highest BCUT2D eigenvalue weighted by Gasteiger charge is 2.38. The molecule has 1 saturated carbocycles. The van der Waals surface area contributed by atoms with Gasteiger partial charge in [-0.1, -0.05) is 0 Å². The minimum atomic E-state index is 0.181. The average molecular weight is 215 g/mol. The SMILES string of the molecule is CNC(CCCOC)CC1(OC)CCC1. The summed E-state index contributed by atoms with van der Waals surface area (Å²) in [4.78, 5) is 0. The van der Waals surface area contributed by atoms with Crippen LogP contribution in [0, 0.1) is 0 Å². The second-order valence-electron chi connectivity index (χ2n) is 4.57. The minimum absolute atomic E-state index is 0.181. The molecule has 0 heterocycles. The average Bonchev–Trinajstić information content (AvgIpc) is 2.21. The first kappa shape index (κ1) is 12.9. The van der Waals surface area contributed by atoms with Crippen molar-refractivity contribution in [3.63, 3.8) is 0 Å². The van der Waals surface area contributed by atoms with Crippen LogP contribution < -0.4 is 5.32 Å². The van der Waals surface area contributed by atoms with E-state index in [-0.39, 0.29) is 5.60 Å². The molecule has 90 valence electrons. The zero-order chi connectivity index (χ0) is 11.1. The van der Waals surface area contributed by atoms with Gasteiger partial charge < -0.3 is 14.8 Å². The van der Waals surface area contributed by atoms with Gasteiger partial charge in [-0.3, -0.25) is 0 Å². The number of ether oxygens (including phenoxy) is 2. The summed E-state index contributed by atoms with van der Waals surface area (Å²) in [5, 5.41) is 3.38. The molecule has 1 aliphatic carbocycles. The maximum atomic E-state index is 5.64. The Hall–Kier alpha value is -0.120. The van der Waals surface area contributed by atoms with Crippen LogP contribution in [0.1, 0.15) is 38.5 Å². The fourth-order valence-corrected chi connectivity index (χ4v) is 2.33. The van der Waals surface area contributed by atoms with E-state index in [9.17, 15) is 0 Å². The molecule has 0 aliphatic heterocycles. The van der Waals surface area contributed by atoms with Crippen molar-refractivity contribution >= 4 is 0 Å². The van der Waals surface area contributed by atoms with Crippen molar-refractivity contribution < 1.29 is 9.47 Å². The second-order valence-corrected chi connectivity index (χ2v) is 4.57. The molecule has 0 spiro atoms. The first-order valence-corrected chi connectivity index (χ1v) is 5.98. The monoisotopic (exact) mass is 215 g/mol. The molecule has 1 aliphatic rings. The van der Waals surface area contributed by atoms with Gasteiger partial charge >= 0.3 is 0 Å². The lowest BCUT2D eigenvalue weighted by molar-refractivity contribution is -0.0837. The van der Waals surface area contributed by atoms with E-state index in [1.54, 1.807) is 7.11 Å². The Balaban J connectivity index is 2.25. The fourth-order valence-electron chi connectivity index (χ4n) is 2.33. The van der Waals surface area contributed by atoms with Crippen LogP contribution in [0.5, 0.6) is 0 Å². The van der Waals surface area contributed by atoms with Crippen molar-refractivity contribution in [2.75, 3.05) is 27.9 Å². The van der Waals surface area contributed by atoms with Gasteiger partial charge in [0.1, 0.15) is 0 Å². The molecule has 0 amide bonds. The van der Waals surface area contributed by atoms with E-state index < -0.39 is 0 Å². The molecule has 0 radical (unpaired) electrons. The van der Waals surface area contributed by atoms with Crippen LogP contribution in [0.4, 0.5) is 0 Å². The van der Waals surface area contributed by atoms with E-state index in [2.05, 4.69) is 5.32 Å². The smallest absolute Gasteiger partial charge is 0.0693 e. The Bertz CT molecular complexity index is 163. The summed E-state index contributed by atoms with van der Waals surface area (Å²) in [5.74, 6) is 0. The minimum Gasteiger partial charge on any atom is -0.385 e. The van der Waals surface area contributed by atoms with Gasteiger partial charge in [-0.05, 0) is 45.6 Å². The molecule has 1 fully saturated rings. The molecule has 1 atom stereocenters. The van der Waals surface area contributed by atoms with Gasteiger partial charge in [-0.25, -0.2) is 0 Å². The molecule has 0 aromatic rings. The molecule has 1 unspecified atom stereocenters. The van der Waals surface area contributed by atoms with Crippen LogP contribution in [0.3, 0.4) is 0 Å². The van der Waals surface area contributed by atoms with Gasteiger partial charge in [0.05, 0.1) is 5.60 Å². The maximum absolute atomic E-state index is 5.64. The quantitative estimate of drug-likeness (QED) is 0.628. The Kier molecular flexibility index (Phi) is 5.58. The van der Waals surface area contributed by atoms with Crippen molar-refractivity contribution in [2.45, 2.75) is 50.2 Å².